The molecule has 122 valence electrons. The molecule has 2 aromatic carbocycles. The van der Waals surface area contributed by atoms with Crippen molar-refractivity contribution in [1.29, 1.82) is 0 Å². The van der Waals surface area contributed by atoms with Crippen LogP contribution in [0.3, 0.4) is 0 Å². The molecule has 0 radical (unpaired) electrons. The topological polar surface area (TPSA) is 40.6 Å². The van der Waals surface area contributed by atoms with Gasteiger partial charge in [-0.1, -0.05) is 30.3 Å². The van der Waals surface area contributed by atoms with E-state index in [1.165, 1.54) is 16.4 Å². The number of piperazine rings is 1. The Kier molecular flexibility index (Phi) is 4.75. The molecule has 0 amide bonds. The Morgan fingerprint density at radius 3 is 2.26 bits per heavy atom. The minimum Gasteiger partial charge on any atom is -0.296 e. The van der Waals surface area contributed by atoms with Crippen molar-refractivity contribution in [3.8, 4) is 0 Å². The average Bonchev–Trinajstić information content (AvgIpc) is 2.56. The van der Waals surface area contributed by atoms with Gasteiger partial charge in [0, 0.05) is 32.7 Å². The van der Waals surface area contributed by atoms with Crippen molar-refractivity contribution in [2.75, 3.05) is 26.2 Å². The summed E-state index contributed by atoms with van der Waals surface area (Å²) in [7, 11) is -3.42. The fourth-order valence-corrected chi connectivity index (χ4v) is 4.21. The highest BCUT2D eigenvalue weighted by Crippen LogP contribution is 2.18. The van der Waals surface area contributed by atoms with E-state index in [4.69, 9.17) is 0 Å². The molecule has 1 saturated heterocycles. The number of rotatable bonds is 4. The van der Waals surface area contributed by atoms with Crippen molar-refractivity contribution in [3.63, 3.8) is 0 Å². The van der Waals surface area contributed by atoms with Crippen LogP contribution in [0.5, 0.6) is 0 Å². The van der Waals surface area contributed by atoms with E-state index < -0.39 is 10.0 Å². The van der Waals surface area contributed by atoms with E-state index in [0.717, 1.165) is 5.56 Å². The third kappa shape index (κ3) is 3.77. The summed E-state index contributed by atoms with van der Waals surface area (Å²) in [6, 6.07) is 15.0. The molecule has 2 aromatic rings. The van der Waals surface area contributed by atoms with Crippen LogP contribution in [0.15, 0.2) is 59.5 Å². The Labute approximate surface area is 136 Å². The van der Waals surface area contributed by atoms with Gasteiger partial charge in [0.15, 0.2) is 0 Å². The summed E-state index contributed by atoms with van der Waals surface area (Å²) in [5.41, 5.74) is 0.907. The van der Waals surface area contributed by atoms with E-state index >= 15 is 0 Å². The average molecular weight is 334 g/mol. The predicted octanol–water partition coefficient (Wildman–Crippen LogP) is 2.33. The molecular formula is C17H19FN2O2S. The zero-order valence-electron chi connectivity index (χ0n) is 12.7. The van der Waals surface area contributed by atoms with Gasteiger partial charge in [-0.2, -0.15) is 4.31 Å². The monoisotopic (exact) mass is 334 g/mol. The van der Waals surface area contributed by atoms with Gasteiger partial charge in [-0.15, -0.1) is 0 Å². The first-order valence-electron chi connectivity index (χ1n) is 7.58. The Bertz CT molecular complexity index is 757. The molecule has 6 heteroatoms. The first-order chi connectivity index (χ1) is 11.1. The molecule has 3 rings (SSSR count). The maximum Gasteiger partial charge on any atom is 0.243 e. The molecule has 1 aliphatic heterocycles. The van der Waals surface area contributed by atoms with Crippen molar-refractivity contribution >= 4 is 10.0 Å². The van der Waals surface area contributed by atoms with Gasteiger partial charge in [-0.3, -0.25) is 4.90 Å². The van der Waals surface area contributed by atoms with Crippen LogP contribution in [0.4, 0.5) is 4.39 Å². The first kappa shape index (κ1) is 16.1. The number of benzene rings is 2. The number of halogens is 1. The van der Waals surface area contributed by atoms with Gasteiger partial charge in [0.05, 0.1) is 4.90 Å². The molecule has 0 unspecified atom stereocenters. The summed E-state index contributed by atoms with van der Waals surface area (Å²) in [5.74, 6) is -0.243. The maximum atomic E-state index is 13.2. The lowest BCUT2D eigenvalue weighted by Gasteiger charge is -2.34. The summed E-state index contributed by atoms with van der Waals surface area (Å²) in [4.78, 5) is 2.48. The van der Waals surface area contributed by atoms with Crippen molar-refractivity contribution in [2.45, 2.75) is 11.4 Å². The standard InChI is InChI=1S/C17H19FN2O2S/c18-16-6-4-5-15(13-16)14-19-9-11-20(12-10-19)23(21,22)17-7-2-1-3-8-17/h1-8,13H,9-12,14H2. The van der Waals surface area contributed by atoms with Crippen molar-refractivity contribution in [3.05, 3.63) is 66.0 Å². The lowest BCUT2D eigenvalue weighted by atomic mass is 10.2. The Morgan fingerprint density at radius 1 is 0.913 bits per heavy atom. The van der Waals surface area contributed by atoms with Crippen molar-refractivity contribution in [2.24, 2.45) is 0 Å². The largest absolute Gasteiger partial charge is 0.296 e. The molecule has 1 aliphatic rings. The molecule has 23 heavy (non-hydrogen) atoms. The number of hydrogen-bond acceptors (Lipinski definition) is 3. The molecule has 0 N–H and O–H groups in total. The van der Waals surface area contributed by atoms with Crippen LogP contribution in [0.2, 0.25) is 0 Å². The second-order valence-electron chi connectivity index (χ2n) is 5.62. The van der Waals surface area contributed by atoms with Crippen LogP contribution >= 0.6 is 0 Å². The number of hydrogen-bond donors (Lipinski definition) is 0. The Balaban J connectivity index is 1.62. The third-order valence-electron chi connectivity index (χ3n) is 4.01. The highest BCUT2D eigenvalue weighted by molar-refractivity contribution is 7.89. The van der Waals surface area contributed by atoms with Gasteiger partial charge in [0.25, 0.3) is 0 Å². The highest BCUT2D eigenvalue weighted by Gasteiger charge is 2.28. The van der Waals surface area contributed by atoms with Crippen LogP contribution in [0, 0.1) is 5.82 Å². The summed E-state index contributed by atoms with van der Waals surface area (Å²) >= 11 is 0. The maximum absolute atomic E-state index is 13.2. The zero-order valence-corrected chi connectivity index (χ0v) is 13.5. The molecule has 4 nitrogen and oxygen atoms in total. The molecule has 1 heterocycles. The van der Waals surface area contributed by atoms with Gasteiger partial charge in [-0.25, -0.2) is 12.8 Å². The van der Waals surface area contributed by atoms with Gasteiger partial charge < -0.3 is 0 Å². The molecule has 0 spiro atoms. The van der Waals surface area contributed by atoms with Gasteiger partial charge in [-0.05, 0) is 29.8 Å². The van der Waals surface area contributed by atoms with Gasteiger partial charge >= 0.3 is 0 Å². The van der Waals surface area contributed by atoms with Crippen LogP contribution in [0.25, 0.3) is 0 Å². The second kappa shape index (κ2) is 6.78. The zero-order chi connectivity index (χ0) is 16.3. The fraction of sp³-hybridized carbons (Fsp3) is 0.294. The van der Waals surface area contributed by atoms with E-state index in [1.807, 2.05) is 6.07 Å². The minimum atomic E-state index is -3.42. The molecule has 0 bridgehead atoms. The molecule has 0 atom stereocenters. The first-order valence-corrected chi connectivity index (χ1v) is 9.02. The number of sulfonamides is 1. The second-order valence-corrected chi connectivity index (χ2v) is 7.56. The van der Waals surface area contributed by atoms with E-state index in [-0.39, 0.29) is 5.82 Å². The third-order valence-corrected chi connectivity index (χ3v) is 5.92. The predicted molar refractivity (Wildman–Crippen MR) is 86.9 cm³/mol. The Morgan fingerprint density at radius 2 is 1.61 bits per heavy atom. The Hall–Kier alpha value is -1.76. The quantitative estimate of drug-likeness (QED) is 0.862. The smallest absolute Gasteiger partial charge is 0.243 e. The van der Waals surface area contributed by atoms with Crippen molar-refractivity contribution in [1.82, 2.24) is 9.21 Å². The lowest BCUT2D eigenvalue weighted by molar-refractivity contribution is 0.181. The van der Waals surface area contributed by atoms with Crippen molar-refractivity contribution < 1.29 is 12.8 Å². The number of nitrogens with zero attached hydrogens (tertiary/aromatic N) is 2. The summed E-state index contributed by atoms with van der Waals surface area (Å²) < 4.78 is 39.8. The molecule has 0 aromatic heterocycles. The van der Waals surface area contributed by atoms with E-state index in [9.17, 15) is 12.8 Å². The minimum absolute atomic E-state index is 0.243. The van der Waals surface area contributed by atoms with Crippen LogP contribution < -0.4 is 0 Å². The van der Waals surface area contributed by atoms with Crippen LogP contribution in [-0.4, -0.2) is 43.8 Å². The molecule has 0 aliphatic carbocycles. The molecular weight excluding hydrogens is 315 g/mol. The lowest BCUT2D eigenvalue weighted by Crippen LogP contribution is -2.48. The molecule has 1 fully saturated rings. The summed E-state index contributed by atoms with van der Waals surface area (Å²) in [6.07, 6.45) is 0. The van der Waals surface area contributed by atoms with E-state index in [0.29, 0.717) is 37.6 Å². The summed E-state index contributed by atoms with van der Waals surface area (Å²) in [6.45, 7) is 2.82. The normalized spacial score (nSPS) is 17.3. The van der Waals surface area contributed by atoms with Crippen LogP contribution in [-0.2, 0) is 16.6 Å². The SMILES string of the molecule is O=S(=O)(c1ccccc1)N1CCN(Cc2cccc(F)c2)CC1. The van der Waals surface area contributed by atoms with E-state index in [1.54, 1.807) is 36.4 Å². The summed E-state index contributed by atoms with van der Waals surface area (Å²) in [5, 5.41) is 0. The molecule has 0 saturated carbocycles. The van der Waals surface area contributed by atoms with Crippen LogP contribution in [0.1, 0.15) is 5.56 Å². The van der Waals surface area contributed by atoms with E-state index in [2.05, 4.69) is 4.90 Å². The highest BCUT2D eigenvalue weighted by atomic mass is 32.2. The fourth-order valence-electron chi connectivity index (χ4n) is 2.76. The van der Waals surface area contributed by atoms with Gasteiger partial charge in [0.2, 0.25) is 10.0 Å². The van der Waals surface area contributed by atoms with Gasteiger partial charge in [0.1, 0.15) is 5.82 Å².